The molecular formula is C36H45F3N2O5. The first-order chi connectivity index (χ1) is 22.1. The van der Waals surface area contributed by atoms with Crippen LogP contribution in [-0.2, 0) is 4.74 Å². The van der Waals surface area contributed by atoms with E-state index in [9.17, 15) is 27.9 Å². The average Bonchev–Trinajstić information content (AvgIpc) is 3.05. The molecule has 0 aliphatic rings. The van der Waals surface area contributed by atoms with Crippen LogP contribution in [0.25, 0.3) is 22.5 Å². The molecular weight excluding hydrogens is 597 g/mol. The van der Waals surface area contributed by atoms with Crippen LogP contribution in [0.1, 0.15) is 118 Å². The molecule has 7 nitrogen and oxygen atoms in total. The van der Waals surface area contributed by atoms with Gasteiger partial charge in [-0.15, -0.1) is 0 Å². The Morgan fingerprint density at radius 2 is 1.35 bits per heavy atom. The van der Waals surface area contributed by atoms with Crippen molar-refractivity contribution in [1.82, 2.24) is 9.97 Å². The maximum Gasteiger partial charge on any atom is 0.425 e. The van der Waals surface area contributed by atoms with E-state index < -0.39 is 24.2 Å². The fourth-order valence-corrected chi connectivity index (χ4v) is 5.09. The number of carbonyl (C=O) groups excluding carboxylic acids is 1. The Kier molecular flexibility index (Phi) is 15.0. The first-order valence-corrected chi connectivity index (χ1v) is 16.3. The molecule has 1 N–H and O–H groups in total. The number of benzene rings is 2. The fraction of sp³-hybridized carbons (Fsp3) is 0.500. The maximum absolute atomic E-state index is 13.3. The highest BCUT2D eigenvalue weighted by atomic mass is 19.4. The second-order valence-corrected chi connectivity index (χ2v) is 11.5. The molecule has 1 atom stereocenters. The number of hydrogen-bond donors (Lipinski definition) is 1. The highest BCUT2D eigenvalue weighted by Crippen LogP contribution is 2.31. The van der Waals surface area contributed by atoms with E-state index in [1.165, 1.54) is 81.7 Å². The number of carbonyl (C=O) groups is 2. The molecule has 0 aliphatic carbocycles. The summed E-state index contributed by atoms with van der Waals surface area (Å²) in [6.45, 7) is 4.56. The number of ether oxygens (including phenoxy) is 2. The van der Waals surface area contributed by atoms with Crippen molar-refractivity contribution in [3.8, 4) is 28.3 Å². The number of halogens is 3. The number of aromatic carboxylic acids is 1. The van der Waals surface area contributed by atoms with Gasteiger partial charge in [0.2, 0.25) is 0 Å². The van der Waals surface area contributed by atoms with E-state index in [0.717, 1.165) is 12.8 Å². The van der Waals surface area contributed by atoms with E-state index in [1.807, 2.05) is 0 Å². The van der Waals surface area contributed by atoms with Crippen LogP contribution in [0.2, 0.25) is 0 Å². The summed E-state index contributed by atoms with van der Waals surface area (Å²) in [6, 6.07) is 10.3. The Labute approximate surface area is 269 Å². The number of carboxylic acid groups (broad SMARTS) is 1. The Balaban J connectivity index is 1.60. The molecule has 0 aliphatic heterocycles. The van der Waals surface area contributed by atoms with Gasteiger partial charge in [0.1, 0.15) is 0 Å². The first-order valence-electron chi connectivity index (χ1n) is 16.3. The SMILES string of the molecule is CCCCCCCCCCCCOc1cnc(-c2ccc(C(=O)O)c(-c3ccc(C(=O)OC(CCCC)C(F)(F)F)cc3)c2)nc1. The van der Waals surface area contributed by atoms with Gasteiger partial charge in [-0.1, -0.05) is 96.3 Å². The van der Waals surface area contributed by atoms with Crippen molar-refractivity contribution in [1.29, 1.82) is 0 Å². The van der Waals surface area contributed by atoms with Crippen molar-refractivity contribution < 1.29 is 37.3 Å². The topological polar surface area (TPSA) is 98.6 Å². The Morgan fingerprint density at radius 3 is 1.91 bits per heavy atom. The molecule has 10 heteroatoms. The fourth-order valence-electron chi connectivity index (χ4n) is 5.09. The summed E-state index contributed by atoms with van der Waals surface area (Å²) < 4.78 is 50.6. The van der Waals surface area contributed by atoms with Gasteiger partial charge < -0.3 is 14.6 Å². The van der Waals surface area contributed by atoms with Crippen LogP contribution in [0.3, 0.4) is 0 Å². The Hall–Kier alpha value is -3.95. The van der Waals surface area contributed by atoms with Gasteiger partial charge in [0.25, 0.3) is 0 Å². The summed E-state index contributed by atoms with van der Waals surface area (Å²) in [6.07, 6.45) is 9.20. The van der Waals surface area contributed by atoms with Crippen LogP contribution in [0, 0.1) is 0 Å². The number of hydrogen-bond acceptors (Lipinski definition) is 6. The van der Waals surface area contributed by atoms with Crippen molar-refractivity contribution in [3.05, 3.63) is 66.0 Å². The summed E-state index contributed by atoms with van der Waals surface area (Å²) in [5.41, 5.74) is 1.29. The van der Waals surface area contributed by atoms with E-state index in [0.29, 0.717) is 41.3 Å². The third kappa shape index (κ3) is 11.8. The van der Waals surface area contributed by atoms with Crippen LogP contribution >= 0.6 is 0 Å². The van der Waals surface area contributed by atoms with Gasteiger partial charge in [0, 0.05) is 5.56 Å². The minimum absolute atomic E-state index is 0.00669. The molecule has 46 heavy (non-hydrogen) atoms. The molecule has 0 saturated heterocycles. The molecule has 0 bridgehead atoms. The standard InChI is InChI=1S/C36H45F3N2O5/c1-3-5-7-8-9-10-11-12-13-14-22-45-29-24-40-33(41-25-29)28-20-21-30(34(42)43)31(23-28)26-16-18-27(19-17-26)35(44)46-32(15-6-4-2)36(37,38)39/h16-21,23-25,32H,3-15,22H2,1-2H3,(H,42,43). The van der Waals surface area contributed by atoms with Gasteiger partial charge in [0.05, 0.1) is 30.1 Å². The van der Waals surface area contributed by atoms with Gasteiger partial charge in [-0.3, -0.25) is 0 Å². The van der Waals surface area contributed by atoms with Gasteiger partial charge in [0.15, 0.2) is 17.7 Å². The quantitative estimate of drug-likeness (QED) is 0.0967. The van der Waals surface area contributed by atoms with Crippen molar-refractivity contribution in [2.24, 2.45) is 0 Å². The Bertz CT molecular complexity index is 1360. The normalized spacial score (nSPS) is 12.1. The zero-order valence-electron chi connectivity index (χ0n) is 26.8. The summed E-state index contributed by atoms with van der Waals surface area (Å²) in [4.78, 5) is 33.3. The number of aromatic nitrogens is 2. The Morgan fingerprint density at radius 1 is 0.783 bits per heavy atom. The molecule has 2 aromatic carbocycles. The van der Waals surface area contributed by atoms with Gasteiger partial charge >= 0.3 is 18.1 Å². The van der Waals surface area contributed by atoms with E-state index in [-0.39, 0.29) is 24.0 Å². The molecule has 1 unspecified atom stereocenters. The molecule has 0 spiro atoms. The number of nitrogens with zero attached hydrogens (tertiary/aromatic N) is 2. The zero-order chi connectivity index (χ0) is 33.4. The zero-order valence-corrected chi connectivity index (χ0v) is 26.8. The lowest BCUT2D eigenvalue weighted by Gasteiger charge is -2.20. The predicted molar refractivity (Wildman–Crippen MR) is 172 cm³/mol. The second-order valence-electron chi connectivity index (χ2n) is 11.5. The minimum atomic E-state index is -4.67. The number of alkyl halides is 3. The van der Waals surface area contributed by atoms with Gasteiger partial charge in [-0.25, -0.2) is 19.6 Å². The third-order valence-corrected chi connectivity index (χ3v) is 7.77. The molecule has 1 aromatic heterocycles. The van der Waals surface area contributed by atoms with Crippen LogP contribution in [0.5, 0.6) is 5.75 Å². The van der Waals surface area contributed by atoms with E-state index in [1.54, 1.807) is 31.5 Å². The third-order valence-electron chi connectivity index (χ3n) is 7.77. The van der Waals surface area contributed by atoms with Crippen molar-refractivity contribution in [2.45, 2.75) is 110 Å². The van der Waals surface area contributed by atoms with E-state index in [4.69, 9.17) is 9.47 Å². The van der Waals surface area contributed by atoms with Crippen LogP contribution < -0.4 is 4.74 Å². The molecule has 0 amide bonds. The van der Waals surface area contributed by atoms with Crippen LogP contribution in [0.15, 0.2) is 54.9 Å². The molecule has 0 radical (unpaired) electrons. The van der Waals surface area contributed by atoms with Crippen LogP contribution in [0.4, 0.5) is 13.2 Å². The monoisotopic (exact) mass is 642 g/mol. The summed E-state index contributed by atoms with van der Waals surface area (Å²) in [7, 11) is 0. The lowest BCUT2D eigenvalue weighted by molar-refractivity contribution is -0.206. The van der Waals surface area contributed by atoms with Crippen molar-refractivity contribution in [3.63, 3.8) is 0 Å². The number of unbranched alkanes of at least 4 members (excludes halogenated alkanes) is 10. The maximum atomic E-state index is 13.3. The summed E-state index contributed by atoms with van der Waals surface area (Å²) >= 11 is 0. The van der Waals surface area contributed by atoms with E-state index >= 15 is 0 Å². The number of carboxylic acids is 1. The molecule has 0 fully saturated rings. The molecule has 0 saturated carbocycles. The lowest BCUT2D eigenvalue weighted by atomic mass is 9.96. The molecule has 3 rings (SSSR count). The van der Waals surface area contributed by atoms with E-state index in [2.05, 4.69) is 16.9 Å². The molecule has 250 valence electrons. The van der Waals surface area contributed by atoms with Crippen LogP contribution in [-0.4, -0.2) is 45.9 Å². The van der Waals surface area contributed by atoms with Gasteiger partial charge in [-0.2, -0.15) is 13.2 Å². The number of rotatable bonds is 20. The molecule has 3 aromatic rings. The van der Waals surface area contributed by atoms with Gasteiger partial charge in [-0.05, 0) is 54.7 Å². The first kappa shape index (κ1) is 36.5. The summed E-state index contributed by atoms with van der Waals surface area (Å²) in [5, 5.41) is 9.79. The molecule has 1 heterocycles. The highest BCUT2D eigenvalue weighted by Gasteiger charge is 2.42. The highest BCUT2D eigenvalue weighted by molar-refractivity contribution is 5.97. The second kappa shape index (κ2) is 18.9. The van der Waals surface area contributed by atoms with Crippen molar-refractivity contribution >= 4 is 11.9 Å². The smallest absolute Gasteiger partial charge is 0.425 e. The summed E-state index contributed by atoms with van der Waals surface area (Å²) in [5.74, 6) is -1.34. The largest absolute Gasteiger partial charge is 0.490 e. The number of esters is 1. The lowest BCUT2D eigenvalue weighted by Crippen LogP contribution is -2.33. The average molecular weight is 643 g/mol. The minimum Gasteiger partial charge on any atom is -0.490 e. The van der Waals surface area contributed by atoms with Crippen molar-refractivity contribution in [2.75, 3.05) is 6.61 Å². The predicted octanol–water partition coefficient (Wildman–Crippen LogP) is 10.1.